The molecule has 1 N–H and O–H groups in total. The van der Waals surface area contributed by atoms with Crippen molar-refractivity contribution in [2.75, 3.05) is 27.3 Å². The number of hydrogen-bond donors (Lipinski definition) is 1. The highest BCUT2D eigenvalue weighted by Gasteiger charge is 2.35. The van der Waals surface area contributed by atoms with Gasteiger partial charge in [0, 0.05) is 25.8 Å². The van der Waals surface area contributed by atoms with Gasteiger partial charge in [0.05, 0.1) is 20.1 Å². The van der Waals surface area contributed by atoms with Crippen molar-refractivity contribution < 1.29 is 23.9 Å². The van der Waals surface area contributed by atoms with Crippen LogP contribution in [0.1, 0.15) is 22.3 Å². The van der Waals surface area contributed by atoms with E-state index in [1.807, 2.05) is 0 Å². The molecule has 0 bridgehead atoms. The predicted octanol–water partition coefficient (Wildman–Crippen LogP) is 0.337. The van der Waals surface area contributed by atoms with Crippen molar-refractivity contribution in [2.24, 2.45) is 0 Å². The fraction of sp³-hybridized carbons (Fsp3) is 0.438. The Morgan fingerprint density at radius 3 is 2.57 bits per heavy atom. The Morgan fingerprint density at radius 1 is 1.26 bits per heavy atom. The number of nitrogens with one attached hydrogen (secondary N) is 1. The monoisotopic (exact) mass is 320 g/mol. The van der Waals surface area contributed by atoms with Gasteiger partial charge in [0.1, 0.15) is 6.04 Å². The van der Waals surface area contributed by atoms with E-state index in [4.69, 9.17) is 4.74 Å². The first kappa shape index (κ1) is 17.0. The van der Waals surface area contributed by atoms with Crippen molar-refractivity contribution in [2.45, 2.75) is 19.1 Å². The maximum Gasteiger partial charge on any atom is 0.308 e. The van der Waals surface area contributed by atoms with Crippen molar-refractivity contribution >= 4 is 17.8 Å². The number of ether oxygens (including phenoxy) is 2. The van der Waals surface area contributed by atoms with Crippen LogP contribution in [0.5, 0.6) is 0 Å². The van der Waals surface area contributed by atoms with Crippen LogP contribution < -0.4 is 5.32 Å². The molecule has 7 nitrogen and oxygen atoms in total. The molecule has 1 aromatic carbocycles. The number of methoxy groups -OCH3 is 2. The van der Waals surface area contributed by atoms with Crippen LogP contribution in [0.3, 0.4) is 0 Å². The quantitative estimate of drug-likeness (QED) is 0.791. The Hall–Kier alpha value is -2.41. The maximum absolute atomic E-state index is 12.7. The topological polar surface area (TPSA) is 84.9 Å². The van der Waals surface area contributed by atoms with Crippen LogP contribution in [-0.2, 0) is 25.7 Å². The molecular weight excluding hydrogens is 300 g/mol. The minimum absolute atomic E-state index is 0.157. The highest BCUT2D eigenvalue weighted by Crippen LogP contribution is 2.15. The summed E-state index contributed by atoms with van der Waals surface area (Å²) in [6.45, 7) is 1.18. The average molecular weight is 320 g/mol. The van der Waals surface area contributed by atoms with Gasteiger partial charge in [-0.25, -0.2) is 0 Å². The van der Waals surface area contributed by atoms with Crippen molar-refractivity contribution in [3.05, 3.63) is 35.4 Å². The molecule has 23 heavy (non-hydrogen) atoms. The Labute approximate surface area is 134 Å². The summed E-state index contributed by atoms with van der Waals surface area (Å²) >= 11 is 0. The van der Waals surface area contributed by atoms with Crippen LogP contribution >= 0.6 is 0 Å². The lowest BCUT2D eigenvalue weighted by molar-refractivity contribution is -0.145. The summed E-state index contributed by atoms with van der Waals surface area (Å²) in [6.07, 6.45) is -0.157. The molecule has 7 heteroatoms. The molecule has 1 fully saturated rings. The van der Waals surface area contributed by atoms with E-state index < -0.39 is 12.0 Å². The highest BCUT2D eigenvalue weighted by atomic mass is 16.5. The van der Waals surface area contributed by atoms with Gasteiger partial charge in [-0.1, -0.05) is 12.1 Å². The van der Waals surface area contributed by atoms with Crippen LogP contribution in [0.25, 0.3) is 0 Å². The molecule has 0 radical (unpaired) electrons. The molecule has 2 amide bonds. The van der Waals surface area contributed by atoms with Gasteiger partial charge in [-0.2, -0.15) is 0 Å². The van der Waals surface area contributed by atoms with Crippen molar-refractivity contribution in [3.8, 4) is 0 Å². The number of carbonyl (C=O) groups excluding carboxylic acids is 3. The number of carbonyl (C=O) groups is 3. The minimum Gasteiger partial charge on any atom is -0.469 e. The molecule has 1 aliphatic heterocycles. The first-order valence-electron chi connectivity index (χ1n) is 7.30. The highest BCUT2D eigenvalue weighted by molar-refractivity contribution is 5.99. The Balaban J connectivity index is 2.16. The van der Waals surface area contributed by atoms with Gasteiger partial charge in [0.15, 0.2) is 0 Å². The fourth-order valence-electron chi connectivity index (χ4n) is 2.48. The zero-order chi connectivity index (χ0) is 16.8. The Kier molecular flexibility index (Phi) is 5.70. The average Bonchev–Trinajstić information content (AvgIpc) is 2.57. The van der Waals surface area contributed by atoms with Crippen LogP contribution in [0, 0.1) is 0 Å². The Bertz CT molecular complexity index is 585. The largest absolute Gasteiger partial charge is 0.469 e. The molecule has 1 atom stereocenters. The van der Waals surface area contributed by atoms with E-state index in [-0.39, 0.29) is 18.2 Å². The molecule has 1 aliphatic rings. The zero-order valence-corrected chi connectivity index (χ0v) is 13.2. The Morgan fingerprint density at radius 2 is 1.96 bits per heavy atom. The second kappa shape index (κ2) is 7.73. The van der Waals surface area contributed by atoms with E-state index in [0.29, 0.717) is 25.3 Å². The van der Waals surface area contributed by atoms with Gasteiger partial charge in [-0.05, 0) is 17.7 Å². The van der Waals surface area contributed by atoms with Gasteiger partial charge in [0.2, 0.25) is 5.91 Å². The van der Waals surface area contributed by atoms with Crippen LogP contribution in [-0.4, -0.2) is 56.0 Å². The number of piperazine rings is 1. The summed E-state index contributed by atoms with van der Waals surface area (Å²) in [4.78, 5) is 37.6. The van der Waals surface area contributed by atoms with E-state index >= 15 is 0 Å². The predicted molar refractivity (Wildman–Crippen MR) is 81.6 cm³/mol. The van der Waals surface area contributed by atoms with Crippen molar-refractivity contribution in [1.82, 2.24) is 10.2 Å². The number of amides is 2. The number of benzene rings is 1. The van der Waals surface area contributed by atoms with Crippen molar-refractivity contribution in [1.29, 1.82) is 0 Å². The molecule has 1 unspecified atom stereocenters. The summed E-state index contributed by atoms with van der Waals surface area (Å²) in [6, 6.07) is 6.14. The molecule has 0 saturated carbocycles. The summed E-state index contributed by atoms with van der Waals surface area (Å²) < 4.78 is 9.64. The van der Waals surface area contributed by atoms with Crippen LogP contribution in [0.4, 0.5) is 0 Å². The van der Waals surface area contributed by atoms with Gasteiger partial charge in [-0.15, -0.1) is 0 Å². The molecule has 1 saturated heterocycles. The number of rotatable bonds is 5. The third-order valence-corrected chi connectivity index (χ3v) is 3.69. The summed E-state index contributed by atoms with van der Waals surface area (Å²) in [7, 11) is 2.85. The van der Waals surface area contributed by atoms with E-state index in [1.54, 1.807) is 31.4 Å². The molecule has 124 valence electrons. The molecule has 0 aliphatic carbocycles. The lowest BCUT2D eigenvalue weighted by Crippen LogP contribution is -2.57. The summed E-state index contributed by atoms with van der Waals surface area (Å²) in [5, 5.41) is 2.67. The van der Waals surface area contributed by atoms with Gasteiger partial charge in [0.25, 0.3) is 5.91 Å². The second-order valence-electron chi connectivity index (χ2n) is 5.22. The fourth-order valence-corrected chi connectivity index (χ4v) is 2.48. The number of hydrogen-bond acceptors (Lipinski definition) is 5. The van der Waals surface area contributed by atoms with E-state index in [9.17, 15) is 14.4 Å². The lowest BCUT2D eigenvalue weighted by atomic mass is 10.1. The third-order valence-electron chi connectivity index (χ3n) is 3.69. The third kappa shape index (κ3) is 4.07. The molecular formula is C16H20N2O5. The lowest BCUT2D eigenvalue weighted by Gasteiger charge is -2.34. The van der Waals surface area contributed by atoms with Crippen molar-refractivity contribution in [3.63, 3.8) is 0 Å². The van der Waals surface area contributed by atoms with Crippen LogP contribution in [0.15, 0.2) is 24.3 Å². The number of nitrogens with zero attached hydrogens (tertiary/aromatic N) is 1. The molecule has 0 aromatic heterocycles. The van der Waals surface area contributed by atoms with E-state index in [1.165, 1.54) is 12.0 Å². The summed E-state index contributed by atoms with van der Waals surface area (Å²) in [5.41, 5.74) is 1.42. The first-order chi connectivity index (χ1) is 11.1. The van der Waals surface area contributed by atoms with E-state index in [2.05, 4.69) is 10.1 Å². The molecule has 2 rings (SSSR count). The summed E-state index contributed by atoms with van der Waals surface area (Å²) in [5.74, 6) is -1.15. The first-order valence-corrected chi connectivity index (χ1v) is 7.30. The SMILES string of the molecule is COCc1ccc(C(=O)N2CCNC(=O)C2CC(=O)OC)cc1. The number of esters is 1. The normalized spacial score (nSPS) is 17.6. The maximum atomic E-state index is 12.7. The zero-order valence-electron chi connectivity index (χ0n) is 13.2. The molecule has 1 aromatic rings. The molecule has 1 heterocycles. The smallest absolute Gasteiger partial charge is 0.308 e. The second-order valence-corrected chi connectivity index (χ2v) is 5.22. The van der Waals surface area contributed by atoms with Gasteiger partial charge >= 0.3 is 5.97 Å². The minimum atomic E-state index is -0.845. The van der Waals surface area contributed by atoms with E-state index in [0.717, 1.165) is 5.56 Å². The van der Waals surface area contributed by atoms with Gasteiger partial charge < -0.3 is 19.7 Å². The van der Waals surface area contributed by atoms with Gasteiger partial charge in [-0.3, -0.25) is 14.4 Å². The van der Waals surface area contributed by atoms with Crippen LogP contribution in [0.2, 0.25) is 0 Å². The standard InChI is InChI=1S/C16H20N2O5/c1-22-10-11-3-5-12(6-4-11)16(21)18-8-7-17-15(20)13(18)9-14(19)23-2/h3-6,13H,7-10H2,1-2H3,(H,17,20). The molecule has 0 spiro atoms.